The van der Waals surface area contributed by atoms with Gasteiger partial charge in [-0.15, -0.1) is 0 Å². The van der Waals surface area contributed by atoms with Crippen LogP contribution in [-0.4, -0.2) is 9.97 Å². The highest BCUT2D eigenvalue weighted by atomic mass is 79.9. The first-order valence-corrected chi connectivity index (χ1v) is 6.50. The molecule has 0 fully saturated rings. The molecule has 0 aliphatic heterocycles. The van der Waals surface area contributed by atoms with Crippen molar-refractivity contribution in [2.24, 2.45) is 0 Å². The van der Waals surface area contributed by atoms with E-state index in [1.807, 2.05) is 24.3 Å². The SMILES string of the molecule is Nc1cc(Br)nc(NCc2cccc(Br)c2)n1. The Hall–Kier alpha value is -1.14. The lowest BCUT2D eigenvalue weighted by atomic mass is 10.2. The van der Waals surface area contributed by atoms with Crippen LogP contribution in [-0.2, 0) is 6.54 Å². The number of nitrogens with one attached hydrogen (secondary N) is 1. The van der Waals surface area contributed by atoms with E-state index in [0.29, 0.717) is 22.9 Å². The van der Waals surface area contributed by atoms with Gasteiger partial charge in [-0.3, -0.25) is 0 Å². The maximum absolute atomic E-state index is 5.62. The van der Waals surface area contributed by atoms with Crippen molar-refractivity contribution in [2.75, 3.05) is 11.1 Å². The van der Waals surface area contributed by atoms with Gasteiger partial charge in [0.25, 0.3) is 0 Å². The molecule has 0 radical (unpaired) electrons. The van der Waals surface area contributed by atoms with E-state index < -0.39 is 0 Å². The van der Waals surface area contributed by atoms with Gasteiger partial charge in [0.15, 0.2) is 0 Å². The monoisotopic (exact) mass is 356 g/mol. The Kier molecular flexibility index (Phi) is 3.96. The van der Waals surface area contributed by atoms with Crippen LogP contribution in [0.25, 0.3) is 0 Å². The summed E-state index contributed by atoms with van der Waals surface area (Å²) in [5.41, 5.74) is 6.76. The fourth-order valence-electron chi connectivity index (χ4n) is 1.34. The second-order valence-electron chi connectivity index (χ2n) is 3.42. The summed E-state index contributed by atoms with van der Waals surface area (Å²) in [6.07, 6.45) is 0. The number of nitrogen functional groups attached to an aromatic ring is 1. The van der Waals surface area contributed by atoms with Gasteiger partial charge in [-0.2, -0.15) is 4.98 Å². The lowest BCUT2D eigenvalue weighted by molar-refractivity contribution is 1.05. The highest BCUT2D eigenvalue weighted by Gasteiger charge is 2.00. The standard InChI is InChI=1S/C11H10Br2N4/c12-8-3-1-2-7(4-8)6-15-11-16-9(13)5-10(14)17-11/h1-5H,6H2,(H3,14,15,16,17). The van der Waals surface area contributed by atoms with Crippen LogP contribution in [0, 0.1) is 0 Å². The van der Waals surface area contributed by atoms with E-state index in [9.17, 15) is 0 Å². The maximum atomic E-state index is 5.62. The second-order valence-corrected chi connectivity index (χ2v) is 5.15. The highest BCUT2D eigenvalue weighted by molar-refractivity contribution is 9.10. The molecule has 0 atom stereocenters. The van der Waals surface area contributed by atoms with E-state index in [1.54, 1.807) is 6.07 Å². The Morgan fingerprint density at radius 2 is 2.00 bits per heavy atom. The number of aromatic nitrogens is 2. The van der Waals surface area contributed by atoms with Crippen LogP contribution in [0.5, 0.6) is 0 Å². The van der Waals surface area contributed by atoms with Crippen LogP contribution < -0.4 is 11.1 Å². The second kappa shape index (κ2) is 5.46. The number of hydrogen-bond acceptors (Lipinski definition) is 4. The van der Waals surface area contributed by atoms with Crippen LogP contribution in [0.2, 0.25) is 0 Å². The predicted molar refractivity (Wildman–Crippen MR) is 75.6 cm³/mol. The number of benzene rings is 1. The maximum Gasteiger partial charge on any atom is 0.225 e. The van der Waals surface area contributed by atoms with E-state index in [1.165, 1.54) is 0 Å². The van der Waals surface area contributed by atoms with Crippen LogP contribution in [0.1, 0.15) is 5.56 Å². The summed E-state index contributed by atoms with van der Waals surface area (Å²) in [4.78, 5) is 8.26. The molecular weight excluding hydrogens is 348 g/mol. The smallest absolute Gasteiger partial charge is 0.225 e. The van der Waals surface area contributed by atoms with E-state index >= 15 is 0 Å². The summed E-state index contributed by atoms with van der Waals surface area (Å²) in [5, 5.41) is 3.12. The van der Waals surface area contributed by atoms with Crippen molar-refractivity contribution in [2.45, 2.75) is 6.54 Å². The molecule has 0 saturated carbocycles. The fourth-order valence-corrected chi connectivity index (χ4v) is 2.19. The van der Waals surface area contributed by atoms with E-state index in [4.69, 9.17) is 5.73 Å². The minimum absolute atomic E-state index is 0.434. The van der Waals surface area contributed by atoms with Crippen molar-refractivity contribution in [1.82, 2.24) is 9.97 Å². The summed E-state index contributed by atoms with van der Waals surface area (Å²) in [6.45, 7) is 0.648. The number of hydrogen-bond donors (Lipinski definition) is 2. The molecule has 0 saturated heterocycles. The highest BCUT2D eigenvalue weighted by Crippen LogP contribution is 2.15. The molecule has 0 amide bonds. The third kappa shape index (κ3) is 3.67. The molecule has 3 N–H and O–H groups in total. The van der Waals surface area contributed by atoms with E-state index in [2.05, 4.69) is 47.1 Å². The molecular formula is C11H10Br2N4. The largest absolute Gasteiger partial charge is 0.383 e. The van der Waals surface area contributed by atoms with E-state index in [0.717, 1.165) is 10.0 Å². The Balaban J connectivity index is 2.07. The minimum Gasteiger partial charge on any atom is -0.383 e. The number of nitrogens with zero attached hydrogens (tertiary/aromatic N) is 2. The zero-order chi connectivity index (χ0) is 12.3. The average Bonchev–Trinajstić information content (AvgIpc) is 2.25. The Labute approximate surface area is 116 Å². The van der Waals surface area contributed by atoms with Crippen molar-refractivity contribution in [3.63, 3.8) is 0 Å². The molecule has 0 spiro atoms. The van der Waals surface area contributed by atoms with Gasteiger partial charge in [0.05, 0.1) is 0 Å². The lowest BCUT2D eigenvalue weighted by Gasteiger charge is -2.06. The fraction of sp³-hybridized carbons (Fsp3) is 0.0909. The first-order chi connectivity index (χ1) is 8.13. The summed E-state index contributed by atoms with van der Waals surface area (Å²) >= 11 is 6.70. The van der Waals surface area contributed by atoms with Crippen molar-refractivity contribution in [1.29, 1.82) is 0 Å². The first-order valence-electron chi connectivity index (χ1n) is 4.92. The Bertz CT molecular complexity index is 510. The van der Waals surface area contributed by atoms with Gasteiger partial charge in [-0.1, -0.05) is 28.1 Å². The number of anilines is 2. The van der Waals surface area contributed by atoms with Gasteiger partial charge >= 0.3 is 0 Å². The number of halogens is 2. The zero-order valence-electron chi connectivity index (χ0n) is 8.82. The van der Waals surface area contributed by atoms with E-state index in [-0.39, 0.29) is 0 Å². The van der Waals surface area contributed by atoms with Gasteiger partial charge in [0, 0.05) is 17.1 Å². The zero-order valence-corrected chi connectivity index (χ0v) is 12.0. The van der Waals surface area contributed by atoms with Gasteiger partial charge in [-0.05, 0) is 33.6 Å². The molecule has 17 heavy (non-hydrogen) atoms. The molecule has 2 aromatic rings. The number of nitrogens with two attached hydrogens (primary N) is 1. The quantitative estimate of drug-likeness (QED) is 0.828. The molecule has 4 nitrogen and oxygen atoms in total. The molecule has 2 rings (SSSR count). The van der Waals surface area contributed by atoms with Crippen LogP contribution in [0.4, 0.5) is 11.8 Å². The summed E-state index contributed by atoms with van der Waals surface area (Å²) < 4.78 is 1.72. The molecule has 0 bridgehead atoms. The normalized spacial score (nSPS) is 10.2. The van der Waals surface area contributed by atoms with Crippen molar-refractivity contribution in [3.05, 3.63) is 45.0 Å². The van der Waals surface area contributed by atoms with Crippen LogP contribution >= 0.6 is 31.9 Å². The van der Waals surface area contributed by atoms with Gasteiger partial charge in [0.1, 0.15) is 10.4 Å². The molecule has 1 aromatic carbocycles. The molecule has 1 aromatic heterocycles. The third-order valence-electron chi connectivity index (χ3n) is 2.05. The molecule has 0 aliphatic rings. The third-order valence-corrected chi connectivity index (χ3v) is 2.95. The molecule has 6 heteroatoms. The minimum atomic E-state index is 0.434. The van der Waals surface area contributed by atoms with Gasteiger partial charge < -0.3 is 11.1 Å². The van der Waals surface area contributed by atoms with Crippen LogP contribution in [0.15, 0.2) is 39.4 Å². The lowest BCUT2D eigenvalue weighted by Crippen LogP contribution is -2.05. The summed E-state index contributed by atoms with van der Waals surface area (Å²) in [6, 6.07) is 9.69. The van der Waals surface area contributed by atoms with Crippen molar-refractivity contribution in [3.8, 4) is 0 Å². The average molecular weight is 358 g/mol. The predicted octanol–water partition coefficient (Wildman–Crippen LogP) is 3.20. The topological polar surface area (TPSA) is 63.8 Å². The van der Waals surface area contributed by atoms with Crippen molar-refractivity contribution >= 4 is 43.6 Å². The summed E-state index contributed by atoms with van der Waals surface area (Å²) in [7, 11) is 0. The first kappa shape index (κ1) is 12.3. The van der Waals surface area contributed by atoms with Gasteiger partial charge in [-0.25, -0.2) is 4.98 Å². The van der Waals surface area contributed by atoms with Crippen molar-refractivity contribution < 1.29 is 0 Å². The Morgan fingerprint density at radius 1 is 1.18 bits per heavy atom. The van der Waals surface area contributed by atoms with Gasteiger partial charge in [0.2, 0.25) is 5.95 Å². The molecule has 0 unspecified atom stereocenters. The number of rotatable bonds is 3. The molecule has 0 aliphatic carbocycles. The molecule has 88 valence electrons. The Morgan fingerprint density at radius 3 is 2.71 bits per heavy atom. The molecule has 1 heterocycles. The summed E-state index contributed by atoms with van der Waals surface area (Å²) in [5.74, 6) is 0.945. The van der Waals surface area contributed by atoms with Crippen LogP contribution in [0.3, 0.4) is 0 Å².